The number of hydrogen-bond acceptors (Lipinski definition) is 3. The Morgan fingerprint density at radius 2 is 2.00 bits per heavy atom. The summed E-state index contributed by atoms with van der Waals surface area (Å²) in [5.74, 6) is 0.537. The standard InChI is InChI=1S/C13H16BrN3O2S/c1-13(2,3)12(14)11(16-17-15)9-20(18)19-10-7-5-4-6-8-10/h4-8H,9H2,1-3H3/b12-11+. The molecule has 7 heteroatoms. The van der Waals surface area contributed by atoms with Gasteiger partial charge in [-0.3, -0.25) is 0 Å². The zero-order valence-electron chi connectivity index (χ0n) is 11.5. The third kappa shape index (κ3) is 5.36. The van der Waals surface area contributed by atoms with Crippen LogP contribution in [0, 0.1) is 5.41 Å². The Balaban J connectivity index is 2.87. The van der Waals surface area contributed by atoms with E-state index in [4.69, 9.17) is 9.71 Å². The van der Waals surface area contributed by atoms with Gasteiger partial charge in [0.1, 0.15) is 5.75 Å². The van der Waals surface area contributed by atoms with Crippen LogP contribution >= 0.6 is 15.9 Å². The molecule has 0 spiro atoms. The first-order valence-electron chi connectivity index (χ1n) is 5.90. The third-order valence-corrected chi connectivity index (χ3v) is 4.80. The van der Waals surface area contributed by atoms with Gasteiger partial charge in [0.25, 0.3) is 0 Å². The third-order valence-electron chi connectivity index (χ3n) is 2.26. The lowest BCUT2D eigenvalue weighted by Gasteiger charge is -2.20. The van der Waals surface area contributed by atoms with Gasteiger partial charge in [0.2, 0.25) is 11.1 Å². The van der Waals surface area contributed by atoms with Gasteiger partial charge >= 0.3 is 0 Å². The van der Waals surface area contributed by atoms with Gasteiger partial charge in [-0.25, -0.2) is 4.21 Å². The second kappa shape index (κ2) is 7.47. The lowest BCUT2D eigenvalue weighted by molar-refractivity contribution is 0.529. The SMILES string of the molecule is CC(C)(C)/C(Br)=C(/CS(=O)Oc1ccccc1)N=[N+]=[N-]. The van der Waals surface area contributed by atoms with Crippen molar-refractivity contribution < 1.29 is 8.39 Å². The number of rotatable bonds is 5. The van der Waals surface area contributed by atoms with Gasteiger partial charge < -0.3 is 4.18 Å². The molecule has 0 N–H and O–H groups in total. The first kappa shape index (κ1) is 16.8. The number of nitrogens with zero attached hydrogens (tertiary/aromatic N) is 3. The zero-order valence-corrected chi connectivity index (χ0v) is 13.9. The average Bonchev–Trinajstić information content (AvgIpc) is 2.37. The van der Waals surface area contributed by atoms with Gasteiger partial charge in [0.15, 0.2) is 0 Å². The van der Waals surface area contributed by atoms with E-state index < -0.39 is 11.1 Å². The fraction of sp³-hybridized carbons (Fsp3) is 0.385. The second-order valence-corrected chi connectivity index (χ2v) is 6.90. The van der Waals surface area contributed by atoms with E-state index in [1.165, 1.54) is 0 Å². The van der Waals surface area contributed by atoms with Gasteiger partial charge in [-0.1, -0.05) is 60.0 Å². The molecule has 0 aliphatic carbocycles. The van der Waals surface area contributed by atoms with Crippen molar-refractivity contribution in [3.05, 3.63) is 51.0 Å². The summed E-state index contributed by atoms with van der Waals surface area (Å²) in [7, 11) is 0. The highest BCUT2D eigenvalue weighted by atomic mass is 79.9. The highest BCUT2D eigenvalue weighted by molar-refractivity contribution is 9.11. The van der Waals surface area contributed by atoms with Crippen molar-refractivity contribution in [2.45, 2.75) is 20.8 Å². The molecule has 1 aromatic rings. The molecule has 108 valence electrons. The second-order valence-electron chi connectivity index (χ2n) is 5.04. The molecule has 5 nitrogen and oxygen atoms in total. The van der Waals surface area contributed by atoms with Crippen LogP contribution in [0.1, 0.15) is 20.8 Å². The van der Waals surface area contributed by atoms with Crippen LogP contribution in [0.25, 0.3) is 10.4 Å². The van der Waals surface area contributed by atoms with Crippen molar-refractivity contribution in [1.82, 2.24) is 0 Å². The molecule has 0 aromatic heterocycles. The van der Waals surface area contributed by atoms with Crippen LogP contribution < -0.4 is 4.18 Å². The molecule has 0 heterocycles. The van der Waals surface area contributed by atoms with E-state index in [2.05, 4.69) is 26.0 Å². The molecule has 1 unspecified atom stereocenters. The number of benzene rings is 1. The molecule has 1 aromatic carbocycles. The van der Waals surface area contributed by atoms with Crippen LogP contribution in [0.2, 0.25) is 0 Å². The Morgan fingerprint density at radius 3 is 2.50 bits per heavy atom. The first-order chi connectivity index (χ1) is 9.34. The molecule has 0 aliphatic rings. The fourth-order valence-corrected chi connectivity index (χ4v) is 2.56. The van der Waals surface area contributed by atoms with Gasteiger partial charge in [-0.05, 0) is 23.1 Å². The van der Waals surface area contributed by atoms with Gasteiger partial charge in [0, 0.05) is 15.1 Å². The Kier molecular flexibility index (Phi) is 6.26. The fourth-order valence-electron chi connectivity index (χ4n) is 1.35. The summed E-state index contributed by atoms with van der Waals surface area (Å²) in [4.78, 5) is 2.78. The van der Waals surface area contributed by atoms with Crippen molar-refractivity contribution in [3.8, 4) is 5.75 Å². The molecule has 20 heavy (non-hydrogen) atoms. The Morgan fingerprint density at radius 1 is 1.40 bits per heavy atom. The first-order valence-corrected chi connectivity index (χ1v) is 7.94. The number of hydrogen-bond donors (Lipinski definition) is 0. The number of allylic oxidation sites excluding steroid dienone is 1. The van der Waals surface area contributed by atoms with E-state index in [1.807, 2.05) is 26.8 Å². The normalized spacial score (nSPS) is 14.0. The predicted molar refractivity (Wildman–Crippen MR) is 84.6 cm³/mol. The minimum Gasteiger partial charge on any atom is -0.400 e. The highest BCUT2D eigenvalue weighted by Gasteiger charge is 2.20. The van der Waals surface area contributed by atoms with Gasteiger partial charge in [-0.2, -0.15) is 0 Å². The Labute approximate surface area is 129 Å². The van der Waals surface area contributed by atoms with E-state index >= 15 is 0 Å². The predicted octanol–water partition coefficient (Wildman–Crippen LogP) is 4.69. The average molecular weight is 358 g/mol. The summed E-state index contributed by atoms with van der Waals surface area (Å²) in [6.07, 6.45) is 0. The Bertz CT molecular complexity index is 561. The zero-order chi connectivity index (χ0) is 15.2. The van der Waals surface area contributed by atoms with Crippen LogP contribution in [0.3, 0.4) is 0 Å². The summed E-state index contributed by atoms with van der Waals surface area (Å²) >= 11 is 1.79. The maximum absolute atomic E-state index is 12.0. The molecule has 0 aliphatic heterocycles. The van der Waals surface area contributed by atoms with Crippen LogP contribution in [0.5, 0.6) is 5.75 Å². The smallest absolute Gasteiger partial charge is 0.210 e. The van der Waals surface area contributed by atoms with Crippen molar-refractivity contribution in [1.29, 1.82) is 0 Å². The number of azide groups is 1. The van der Waals surface area contributed by atoms with Crippen molar-refractivity contribution in [2.24, 2.45) is 10.5 Å². The maximum Gasteiger partial charge on any atom is 0.210 e. The van der Waals surface area contributed by atoms with Crippen molar-refractivity contribution in [2.75, 3.05) is 5.75 Å². The number of para-hydroxylation sites is 1. The van der Waals surface area contributed by atoms with Crippen molar-refractivity contribution >= 4 is 27.0 Å². The molecular formula is C13H16BrN3O2S. The van der Waals surface area contributed by atoms with E-state index in [0.29, 0.717) is 15.9 Å². The minimum atomic E-state index is -1.61. The van der Waals surface area contributed by atoms with Crippen molar-refractivity contribution in [3.63, 3.8) is 0 Å². The summed E-state index contributed by atoms with van der Waals surface area (Å²) in [5.41, 5.74) is 8.77. The van der Waals surface area contributed by atoms with Crippen LogP contribution in [0.4, 0.5) is 0 Å². The Hall–Kier alpha value is -1.30. The van der Waals surface area contributed by atoms with E-state index in [1.54, 1.807) is 24.3 Å². The lowest BCUT2D eigenvalue weighted by atomic mass is 9.95. The van der Waals surface area contributed by atoms with Crippen LogP contribution in [-0.4, -0.2) is 9.96 Å². The van der Waals surface area contributed by atoms with E-state index in [-0.39, 0.29) is 11.2 Å². The van der Waals surface area contributed by atoms with Crippen LogP contribution in [-0.2, 0) is 11.1 Å². The minimum absolute atomic E-state index is 0.0246. The largest absolute Gasteiger partial charge is 0.400 e. The van der Waals surface area contributed by atoms with E-state index in [0.717, 1.165) is 0 Å². The topological polar surface area (TPSA) is 75.1 Å². The van der Waals surface area contributed by atoms with Gasteiger partial charge in [-0.15, -0.1) is 0 Å². The molecule has 0 saturated heterocycles. The molecule has 0 saturated carbocycles. The molecule has 0 fully saturated rings. The molecule has 0 bridgehead atoms. The summed E-state index contributed by atoms with van der Waals surface area (Å²) in [6, 6.07) is 8.86. The number of halogens is 1. The molecule has 1 rings (SSSR count). The lowest BCUT2D eigenvalue weighted by Crippen LogP contribution is -2.12. The molecule has 0 radical (unpaired) electrons. The molecular weight excluding hydrogens is 342 g/mol. The molecule has 1 atom stereocenters. The highest BCUT2D eigenvalue weighted by Crippen LogP contribution is 2.34. The molecule has 0 amide bonds. The summed E-state index contributed by atoms with van der Waals surface area (Å²) in [6.45, 7) is 5.89. The monoisotopic (exact) mass is 357 g/mol. The quantitative estimate of drug-likeness (QED) is 0.435. The van der Waals surface area contributed by atoms with Gasteiger partial charge in [0.05, 0.1) is 5.75 Å². The summed E-state index contributed by atoms with van der Waals surface area (Å²) in [5, 5.41) is 3.61. The van der Waals surface area contributed by atoms with E-state index in [9.17, 15) is 4.21 Å². The summed E-state index contributed by atoms with van der Waals surface area (Å²) < 4.78 is 18.0. The maximum atomic E-state index is 12.0. The van der Waals surface area contributed by atoms with Crippen LogP contribution in [0.15, 0.2) is 45.6 Å².